The van der Waals surface area contributed by atoms with E-state index in [-0.39, 0.29) is 6.61 Å². The molecular weight excluding hydrogens is 262 g/mol. The molecule has 1 aliphatic rings. The molecule has 1 heterocycles. The molecule has 3 nitrogen and oxygen atoms in total. The van der Waals surface area contributed by atoms with E-state index in [4.69, 9.17) is 9.84 Å². The number of aliphatic hydroxyl groups excluding tert-OH is 1. The minimum Gasteiger partial charge on any atom is -0.495 e. The Morgan fingerprint density at radius 2 is 2.19 bits per heavy atom. The lowest BCUT2D eigenvalue weighted by molar-refractivity contribution is 0.205. The molecule has 114 valence electrons. The van der Waals surface area contributed by atoms with E-state index in [9.17, 15) is 0 Å². The summed E-state index contributed by atoms with van der Waals surface area (Å²) in [6.07, 6.45) is 5.26. The van der Waals surface area contributed by atoms with Crippen LogP contribution in [-0.2, 0) is 6.54 Å². The van der Waals surface area contributed by atoms with Crippen LogP contribution < -0.4 is 4.74 Å². The molecule has 0 bridgehead atoms. The first-order chi connectivity index (χ1) is 10.2. The van der Waals surface area contributed by atoms with Crippen molar-refractivity contribution in [2.75, 3.05) is 20.3 Å². The van der Waals surface area contributed by atoms with E-state index in [1.807, 2.05) is 6.07 Å². The number of hydrogen-bond acceptors (Lipinski definition) is 3. The van der Waals surface area contributed by atoms with E-state index in [0.717, 1.165) is 17.9 Å². The Bertz CT molecular complexity index is 516. The smallest absolute Gasteiger partial charge is 0.134 e. The standard InChI is InChI=1S/C18H25NO2/c1-15-7-4-3-5-11-19(15)14-16-9-10-18(21-2)17(13-16)8-6-12-20/h9-10,13,15,20H,3-5,7,11-12,14H2,1-2H3. The van der Waals surface area contributed by atoms with E-state index in [1.54, 1.807) is 7.11 Å². The van der Waals surface area contributed by atoms with Gasteiger partial charge < -0.3 is 9.84 Å². The maximum Gasteiger partial charge on any atom is 0.134 e. The van der Waals surface area contributed by atoms with E-state index in [2.05, 4.69) is 35.8 Å². The second-order valence-electron chi connectivity index (χ2n) is 5.66. The van der Waals surface area contributed by atoms with Crippen LogP contribution in [-0.4, -0.2) is 36.3 Å². The molecule has 1 aliphatic heterocycles. The van der Waals surface area contributed by atoms with Crippen LogP contribution in [0.4, 0.5) is 0 Å². The van der Waals surface area contributed by atoms with Crippen LogP contribution in [0.15, 0.2) is 18.2 Å². The zero-order valence-electron chi connectivity index (χ0n) is 13.1. The number of rotatable bonds is 3. The molecule has 0 amide bonds. The fraction of sp³-hybridized carbons (Fsp3) is 0.556. The van der Waals surface area contributed by atoms with Crippen LogP contribution in [0.2, 0.25) is 0 Å². The zero-order valence-corrected chi connectivity index (χ0v) is 13.1. The molecule has 1 fully saturated rings. The highest BCUT2D eigenvalue weighted by molar-refractivity contribution is 5.48. The average molecular weight is 287 g/mol. The molecule has 0 aromatic heterocycles. The third-order valence-corrected chi connectivity index (χ3v) is 4.14. The van der Waals surface area contributed by atoms with Gasteiger partial charge in [0.15, 0.2) is 0 Å². The quantitative estimate of drug-likeness (QED) is 0.868. The van der Waals surface area contributed by atoms with Crippen molar-refractivity contribution in [2.24, 2.45) is 0 Å². The van der Waals surface area contributed by atoms with Crippen molar-refractivity contribution in [1.29, 1.82) is 0 Å². The molecule has 1 unspecified atom stereocenters. The number of aliphatic hydroxyl groups is 1. The Morgan fingerprint density at radius 3 is 2.95 bits per heavy atom. The fourth-order valence-electron chi connectivity index (χ4n) is 2.89. The molecule has 0 spiro atoms. The SMILES string of the molecule is COc1ccc(CN2CCCCCC2C)cc1C#CCO. The van der Waals surface area contributed by atoms with Crippen LogP contribution in [0.3, 0.4) is 0 Å². The second-order valence-corrected chi connectivity index (χ2v) is 5.66. The van der Waals surface area contributed by atoms with Gasteiger partial charge >= 0.3 is 0 Å². The number of benzene rings is 1. The van der Waals surface area contributed by atoms with Gasteiger partial charge in [0.25, 0.3) is 0 Å². The van der Waals surface area contributed by atoms with Crippen molar-refractivity contribution in [1.82, 2.24) is 4.90 Å². The molecule has 1 aromatic carbocycles. The minimum absolute atomic E-state index is 0.128. The van der Waals surface area contributed by atoms with Gasteiger partial charge in [0, 0.05) is 12.6 Å². The summed E-state index contributed by atoms with van der Waals surface area (Å²) in [5.41, 5.74) is 2.11. The molecule has 0 aliphatic carbocycles. The summed E-state index contributed by atoms with van der Waals surface area (Å²) < 4.78 is 5.33. The monoisotopic (exact) mass is 287 g/mol. The van der Waals surface area contributed by atoms with Gasteiger partial charge in [0.05, 0.1) is 12.7 Å². The summed E-state index contributed by atoms with van der Waals surface area (Å²) in [5, 5.41) is 8.86. The van der Waals surface area contributed by atoms with Crippen molar-refractivity contribution in [2.45, 2.75) is 45.2 Å². The number of likely N-dealkylation sites (tertiary alicyclic amines) is 1. The normalized spacial score (nSPS) is 19.5. The molecule has 2 rings (SSSR count). The average Bonchev–Trinajstić information content (AvgIpc) is 2.70. The number of hydrogen-bond donors (Lipinski definition) is 1. The van der Waals surface area contributed by atoms with E-state index in [1.165, 1.54) is 37.8 Å². The molecular formula is C18H25NO2. The van der Waals surface area contributed by atoms with E-state index >= 15 is 0 Å². The number of ether oxygens (including phenoxy) is 1. The third kappa shape index (κ3) is 4.49. The zero-order chi connectivity index (χ0) is 15.1. The molecule has 1 aromatic rings. The lowest BCUT2D eigenvalue weighted by Crippen LogP contribution is -2.31. The predicted molar refractivity (Wildman–Crippen MR) is 85.3 cm³/mol. The highest BCUT2D eigenvalue weighted by atomic mass is 16.5. The summed E-state index contributed by atoms with van der Waals surface area (Å²) in [6, 6.07) is 6.81. The van der Waals surface area contributed by atoms with Gasteiger partial charge in [-0.3, -0.25) is 4.90 Å². The van der Waals surface area contributed by atoms with E-state index < -0.39 is 0 Å². The molecule has 1 atom stereocenters. The maximum atomic E-state index is 8.86. The molecule has 21 heavy (non-hydrogen) atoms. The molecule has 1 N–H and O–H groups in total. The van der Waals surface area contributed by atoms with E-state index in [0.29, 0.717) is 6.04 Å². The Morgan fingerprint density at radius 1 is 1.33 bits per heavy atom. The first kappa shape index (κ1) is 15.9. The lowest BCUT2D eigenvalue weighted by atomic mass is 10.1. The van der Waals surface area contributed by atoms with Crippen LogP contribution >= 0.6 is 0 Å². The first-order valence-electron chi connectivity index (χ1n) is 7.75. The van der Waals surface area contributed by atoms with Crippen LogP contribution in [0, 0.1) is 11.8 Å². The van der Waals surface area contributed by atoms with Crippen LogP contribution in [0.25, 0.3) is 0 Å². The van der Waals surface area contributed by atoms with Gasteiger partial charge in [0.2, 0.25) is 0 Å². The van der Waals surface area contributed by atoms with Crippen molar-refractivity contribution in [3.63, 3.8) is 0 Å². The van der Waals surface area contributed by atoms with Gasteiger partial charge in [-0.2, -0.15) is 0 Å². The number of methoxy groups -OCH3 is 1. The molecule has 0 radical (unpaired) electrons. The summed E-state index contributed by atoms with van der Waals surface area (Å²) in [6.45, 7) is 4.32. The Kier molecular flexibility index (Phi) is 6.10. The summed E-state index contributed by atoms with van der Waals surface area (Å²) in [7, 11) is 1.65. The van der Waals surface area contributed by atoms with Crippen LogP contribution in [0.1, 0.15) is 43.7 Å². The van der Waals surface area contributed by atoms with Crippen molar-refractivity contribution in [3.8, 4) is 17.6 Å². The largest absolute Gasteiger partial charge is 0.495 e. The van der Waals surface area contributed by atoms with Gasteiger partial charge in [-0.1, -0.05) is 30.7 Å². The number of nitrogens with zero attached hydrogens (tertiary/aromatic N) is 1. The summed E-state index contributed by atoms with van der Waals surface area (Å²) >= 11 is 0. The van der Waals surface area contributed by atoms with Gasteiger partial charge in [0.1, 0.15) is 12.4 Å². The topological polar surface area (TPSA) is 32.7 Å². The van der Waals surface area contributed by atoms with Crippen molar-refractivity contribution >= 4 is 0 Å². The Hall–Kier alpha value is -1.50. The van der Waals surface area contributed by atoms with Gasteiger partial charge in [-0.05, 0) is 44.0 Å². The van der Waals surface area contributed by atoms with Crippen molar-refractivity contribution in [3.05, 3.63) is 29.3 Å². The van der Waals surface area contributed by atoms with Gasteiger partial charge in [-0.25, -0.2) is 0 Å². The maximum absolute atomic E-state index is 8.86. The van der Waals surface area contributed by atoms with Gasteiger partial charge in [-0.15, -0.1) is 0 Å². The summed E-state index contributed by atoms with van der Waals surface area (Å²) in [5.74, 6) is 6.44. The minimum atomic E-state index is -0.128. The van der Waals surface area contributed by atoms with Crippen molar-refractivity contribution < 1.29 is 9.84 Å². The molecule has 0 saturated carbocycles. The predicted octanol–water partition coefficient (Wildman–Crippen LogP) is 2.80. The van der Waals surface area contributed by atoms with Crippen LogP contribution in [0.5, 0.6) is 5.75 Å². The lowest BCUT2D eigenvalue weighted by Gasteiger charge is -2.27. The Balaban J connectivity index is 2.15. The first-order valence-corrected chi connectivity index (χ1v) is 7.75. The molecule has 3 heteroatoms. The summed E-state index contributed by atoms with van der Waals surface area (Å²) in [4.78, 5) is 2.55. The Labute approximate surface area is 127 Å². The highest BCUT2D eigenvalue weighted by Gasteiger charge is 2.17. The second kappa shape index (κ2) is 8.07. The molecule has 1 saturated heterocycles. The fourth-order valence-corrected chi connectivity index (χ4v) is 2.89. The third-order valence-electron chi connectivity index (χ3n) is 4.14. The highest BCUT2D eigenvalue weighted by Crippen LogP contribution is 2.23.